The predicted octanol–water partition coefficient (Wildman–Crippen LogP) is 2.75. The Hall–Kier alpha value is -1.29. The Morgan fingerprint density at radius 2 is 2.43 bits per heavy atom. The summed E-state index contributed by atoms with van der Waals surface area (Å²) in [7, 11) is 0. The van der Waals surface area contributed by atoms with Gasteiger partial charge in [-0.1, -0.05) is 6.92 Å². The van der Waals surface area contributed by atoms with Crippen molar-refractivity contribution in [2.75, 3.05) is 0 Å². The molecule has 0 aliphatic carbocycles. The van der Waals surface area contributed by atoms with Crippen LogP contribution in [0.2, 0.25) is 0 Å². The molecule has 0 atom stereocenters. The molecule has 3 nitrogen and oxygen atoms in total. The molecule has 0 radical (unpaired) electrons. The van der Waals surface area contributed by atoms with Gasteiger partial charge in [0.2, 0.25) is 0 Å². The van der Waals surface area contributed by atoms with Crippen molar-refractivity contribution < 1.29 is 4.42 Å². The third kappa shape index (κ3) is 1.65. The van der Waals surface area contributed by atoms with Gasteiger partial charge < -0.3 is 14.0 Å². The first-order valence-corrected chi connectivity index (χ1v) is 5.01. The standard InChI is InChI=1S/C10H12N2OS/c1-2-8-6-11-10(14)12(8)7-9-4-3-5-13-9/h3-6H,2,7H2,1H3,(H,11,14). The maximum Gasteiger partial charge on any atom is 0.177 e. The summed E-state index contributed by atoms with van der Waals surface area (Å²) in [5.41, 5.74) is 1.20. The van der Waals surface area contributed by atoms with E-state index in [9.17, 15) is 0 Å². The fraction of sp³-hybridized carbons (Fsp3) is 0.300. The van der Waals surface area contributed by atoms with Gasteiger partial charge in [0.05, 0.1) is 12.8 Å². The lowest BCUT2D eigenvalue weighted by Gasteiger charge is -2.03. The first-order chi connectivity index (χ1) is 6.81. The molecule has 0 saturated carbocycles. The van der Waals surface area contributed by atoms with Crippen molar-refractivity contribution in [1.29, 1.82) is 0 Å². The summed E-state index contributed by atoms with van der Waals surface area (Å²) in [5, 5.41) is 0. The molecule has 0 aromatic carbocycles. The Morgan fingerprint density at radius 1 is 1.57 bits per heavy atom. The number of imidazole rings is 1. The smallest absolute Gasteiger partial charge is 0.177 e. The Kier molecular flexibility index (Phi) is 2.54. The third-order valence-corrected chi connectivity index (χ3v) is 2.55. The van der Waals surface area contributed by atoms with Gasteiger partial charge in [-0.2, -0.15) is 0 Å². The Labute approximate surface area is 87.4 Å². The molecule has 0 aliphatic rings. The fourth-order valence-corrected chi connectivity index (χ4v) is 1.70. The van der Waals surface area contributed by atoms with E-state index in [1.165, 1.54) is 5.69 Å². The Morgan fingerprint density at radius 3 is 3.07 bits per heavy atom. The van der Waals surface area contributed by atoms with E-state index in [2.05, 4.69) is 11.9 Å². The largest absolute Gasteiger partial charge is 0.467 e. The van der Waals surface area contributed by atoms with Crippen molar-refractivity contribution in [1.82, 2.24) is 9.55 Å². The summed E-state index contributed by atoms with van der Waals surface area (Å²) in [6, 6.07) is 3.84. The fourth-order valence-electron chi connectivity index (χ4n) is 1.46. The quantitative estimate of drug-likeness (QED) is 0.787. The van der Waals surface area contributed by atoms with Crippen LogP contribution in [0, 0.1) is 4.77 Å². The highest BCUT2D eigenvalue weighted by Gasteiger charge is 2.03. The Balaban J connectivity index is 2.32. The van der Waals surface area contributed by atoms with Crippen LogP contribution >= 0.6 is 12.2 Å². The molecule has 74 valence electrons. The lowest BCUT2D eigenvalue weighted by molar-refractivity contribution is 0.488. The van der Waals surface area contributed by atoms with Gasteiger partial charge in [0.1, 0.15) is 5.76 Å². The average molecular weight is 208 g/mol. The molecule has 0 saturated heterocycles. The summed E-state index contributed by atoms with van der Waals surface area (Å²) in [5.74, 6) is 0.926. The number of furan rings is 1. The molecule has 4 heteroatoms. The number of H-pyrrole nitrogens is 1. The maximum atomic E-state index is 5.28. The van der Waals surface area contributed by atoms with Crippen LogP contribution in [0.3, 0.4) is 0 Å². The number of aromatic amines is 1. The number of nitrogens with one attached hydrogen (secondary N) is 1. The van der Waals surface area contributed by atoms with Gasteiger partial charge in [0, 0.05) is 11.9 Å². The van der Waals surface area contributed by atoms with Crippen molar-refractivity contribution in [3.63, 3.8) is 0 Å². The molecular weight excluding hydrogens is 196 g/mol. The molecule has 2 aromatic rings. The van der Waals surface area contributed by atoms with Crippen LogP contribution < -0.4 is 0 Å². The number of hydrogen-bond acceptors (Lipinski definition) is 2. The number of aromatic nitrogens is 2. The number of aryl methyl sites for hydroxylation is 1. The number of nitrogens with zero attached hydrogens (tertiary/aromatic N) is 1. The second-order valence-electron chi connectivity index (χ2n) is 3.10. The summed E-state index contributed by atoms with van der Waals surface area (Å²) in [6.07, 6.45) is 4.59. The van der Waals surface area contributed by atoms with Gasteiger partial charge in [0.25, 0.3) is 0 Å². The summed E-state index contributed by atoms with van der Waals surface area (Å²) >= 11 is 5.18. The highest BCUT2D eigenvalue weighted by molar-refractivity contribution is 7.71. The van der Waals surface area contributed by atoms with E-state index in [-0.39, 0.29) is 0 Å². The minimum absolute atomic E-state index is 0.707. The molecule has 1 N–H and O–H groups in total. The predicted molar refractivity (Wildman–Crippen MR) is 56.8 cm³/mol. The van der Waals surface area contributed by atoms with E-state index in [0.29, 0.717) is 6.54 Å². The Bertz CT molecular complexity index is 453. The first kappa shape index (κ1) is 9.27. The van der Waals surface area contributed by atoms with Gasteiger partial charge in [0.15, 0.2) is 4.77 Å². The number of rotatable bonds is 3. The van der Waals surface area contributed by atoms with Crippen LogP contribution in [-0.4, -0.2) is 9.55 Å². The maximum absolute atomic E-state index is 5.28. The SMILES string of the molecule is CCc1c[nH]c(=S)n1Cc1ccco1. The van der Waals surface area contributed by atoms with Gasteiger partial charge >= 0.3 is 0 Å². The van der Waals surface area contributed by atoms with Crippen LogP contribution in [0.1, 0.15) is 18.4 Å². The van der Waals surface area contributed by atoms with Crippen LogP contribution in [0.5, 0.6) is 0 Å². The third-order valence-electron chi connectivity index (χ3n) is 2.21. The minimum Gasteiger partial charge on any atom is -0.467 e. The molecule has 0 fully saturated rings. The van der Waals surface area contributed by atoms with Gasteiger partial charge in [-0.15, -0.1) is 0 Å². The average Bonchev–Trinajstić information content (AvgIpc) is 2.79. The van der Waals surface area contributed by atoms with Crippen LogP contribution in [0.15, 0.2) is 29.0 Å². The monoisotopic (exact) mass is 208 g/mol. The van der Waals surface area contributed by atoms with E-state index >= 15 is 0 Å². The topological polar surface area (TPSA) is 33.9 Å². The zero-order chi connectivity index (χ0) is 9.97. The van der Waals surface area contributed by atoms with Gasteiger partial charge in [-0.3, -0.25) is 0 Å². The lowest BCUT2D eigenvalue weighted by atomic mass is 10.3. The summed E-state index contributed by atoms with van der Waals surface area (Å²) < 4.78 is 8.08. The molecular formula is C10H12N2OS. The van der Waals surface area contributed by atoms with Crippen molar-refractivity contribution in [3.8, 4) is 0 Å². The number of hydrogen-bond donors (Lipinski definition) is 1. The first-order valence-electron chi connectivity index (χ1n) is 4.60. The van der Waals surface area contributed by atoms with Crippen LogP contribution in [0.25, 0.3) is 0 Å². The minimum atomic E-state index is 0.707. The van der Waals surface area contributed by atoms with E-state index in [4.69, 9.17) is 16.6 Å². The van der Waals surface area contributed by atoms with Gasteiger partial charge in [-0.05, 0) is 30.8 Å². The second-order valence-corrected chi connectivity index (χ2v) is 3.49. The zero-order valence-corrected chi connectivity index (χ0v) is 8.80. The highest BCUT2D eigenvalue weighted by Crippen LogP contribution is 2.08. The molecule has 0 amide bonds. The molecule has 0 bridgehead atoms. The molecule has 2 heterocycles. The summed E-state index contributed by atoms with van der Waals surface area (Å²) in [6.45, 7) is 2.81. The molecule has 0 aliphatic heterocycles. The van der Waals surface area contributed by atoms with Crippen molar-refractivity contribution in [3.05, 3.63) is 40.8 Å². The van der Waals surface area contributed by atoms with E-state index in [0.717, 1.165) is 17.0 Å². The zero-order valence-electron chi connectivity index (χ0n) is 7.99. The molecule has 14 heavy (non-hydrogen) atoms. The van der Waals surface area contributed by atoms with E-state index < -0.39 is 0 Å². The van der Waals surface area contributed by atoms with E-state index in [1.807, 2.05) is 22.9 Å². The van der Waals surface area contributed by atoms with Crippen molar-refractivity contribution in [2.45, 2.75) is 19.9 Å². The van der Waals surface area contributed by atoms with E-state index in [1.54, 1.807) is 6.26 Å². The van der Waals surface area contributed by atoms with Crippen LogP contribution in [0.4, 0.5) is 0 Å². The lowest BCUT2D eigenvalue weighted by Crippen LogP contribution is -2.02. The van der Waals surface area contributed by atoms with Gasteiger partial charge in [-0.25, -0.2) is 0 Å². The second kappa shape index (κ2) is 3.84. The normalized spacial score (nSPS) is 10.6. The molecule has 2 aromatic heterocycles. The summed E-state index contributed by atoms with van der Waals surface area (Å²) in [4.78, 5) is 3.04. The molecule has 0 spiro atoms. The molecule has 0 unspecified atom stereocenters. The highest BCUT2D eigenvalue weighted by atomic mass is 32.1. The van der Waals surface area contributed by atoms with Crippen LogP contribution in [-0.2, 0) is 13.0 Å². The molecule has 2 rings (SSSR count). The van der Waals surface area contributed by atoms with Crippen molar-refractivity contribution >= 4 is 12.2 Å². The van der Waals surface area contributed by atoms with Crippen molar-refractivity contribution in [2.24, 2.45) is 0 Å².